The van der Waals surface area contributed by atoms with Crippen LogP contribution in [0.2, 0.25) is 0 Å². The molecule has 0 aromatic rings. The molecule has 0 aliphatic heterocycles. The van der Waals surface area contributed by atoms with Crippen molar-refractivity contribution in [2.45, 2.75) is 66.9 Å². The van der Waals surface area contributed by atoms with E-state index in [9.17, 15) is 24.0 Å². The van der Waals surface area contributed by atoms with E-state index in [0.717, 1.165) is 12.8 Å². The molecular weight excluding hydrogens is 532 g/mol. The molecule has 1 atom stereocenters. The highest BCUT2D eigenvalue weighted by molar-refractivity contribution is 5.88. The minimum absolute atomic E-state index is 0.205. The van der Waals surface area contributed by atoms with E-state index in [1.165, 1.54) is 19.3 Å². The number of carbonyl (C=O) groups is 5. The molecule has 0 aromatic carbocycles. The molecule has 10 heteroatoms. The van der Waals surface area contributed by atoms with Crippen molar-refractivity contribution in [2.75, 3.05) is 26.9 Å². The number of methoxy groups -OCH3 is 1. The van der Waals surface area contributed by atoms with Crippen LogP contribution in [-0.2, 0) is 47.7 Å². The van der Waals surface area contributed by atoms with Gasteiger partial charge in [-0.05, 0) is 41.0 Å². The predicted molar refractivity (Wildman–Crippen MR) is 160 cm³/mol. The predicted octanol–water partition coefficient (Wildman–Crippen LogP) is 5.55. The minimum Gasteiger partial charge on any atom is -0.466 e. The van der Waals surface area contributed by atoms with E-state index in [0.29, 0.717) is 35.3 Å². The van der Waals surface area contributed by atoms with Gasteiger partial charge in [-0.25, -0.2) is 24.0 Å². The van der Waals surface area contributed by atoms with Gasteiger partial charge >= 0.3 is 29.8 Å². The second-order valence-corrected chi connectivity index (χ2v) is 8.37. The Labute approximate surface area is 245 Å². The van der Waals surface area contributed by atoms with Gasteiger partial charge in [-0.15, -0.1) is 0 Å². The maximum atomic E-state index is 11.1. The quantitative estimate of drug-likeness (QED) is 0.0847. The van der Waals surface area contributed by atoms with Crippen molar-refractivity contribution < 1.29 is 47.7 Å². The molecule has 0 fully saturated rings. The summed E-state index contributed by atoms with van der Waals surface area (Å²) in [5.74, 6) is -1.91. The molecule has 0 rings (SSSR count). The molecule has 0 spiro atoms. The van der Waals surface area contributed by atoms with Crippen LogP contribution in [0.5, 0.6) is 0 Å². The van der Waals surface area contributed by atoms with Crippen molar-refractivity contribution in [3.63, 3.8) is 0 Å². The number of carbonyl (C=O) groups excluding carboxylic acids is 5. The maximum absolute atomic E-state index is 11.1. The molecule has 41 heavy (non-hydrogen) atoms. The highest BCUT2D eigenvalue weighted by atomic mass is 16.6. The topological polar surface area (TPSA) is 132 Å². The number of unbranched alkanes of at least 4 members (excludes halogenated alkanes) is 1. The van der Waals surface area contributed by atoms with Crippen LogP contribution in [0.25, 0.3) is 0 Å². The smallest absolute Gasteiger partial charge is 0.333 e. The molecule has 0 aliphatic rings. The molecule has 1 unspecified atom stereocenters. The van der Waals surface area contributed by atoms with Crippen molar-refractivity contribution in [2.24, 2.45) is 0 Å². The first kappa shape index (κ1) is 43.8. The lowest BCUT2D eigenvalue weighted by Crippen LogP contribution is -2.18. The monoisotopic (exact) mass is 580 g/mol. The average molecular weight is 581 g/mol. The van der Waals surface area contributed by atoms with Gasteiger partial charge in [0.15, 0.2) is 0 Å². The van der Waals surface area contributed by atoms with E-state index in [4.69, 9.17) is 9.47 Å². The average Bonchev–Trinajstić information content (AvgIpc) is 2.91. The van der Waals surface area contributed by atoms with Crippen LogP contribution < -0.4 is 0 Å². The third kappa shape index (κ3) is 33.8. The number of esters is 5. The Balaban J connectivity index is -0.000000236. The van der Waals surface area contributed by atoms with Gasteiger partial charge in [0.25, 0.3) is 0 Å². The van der Waals surface area contributed by atoms with E-state index in [-0.39, 0.29) is 37.2 Å². The van der Waals surface area contributed by atoms with E-state index < -0.39 is 11.9 Å². The van der Waals surface area contributed by atoms with E-state index in [1.54, 1.807) is 34.6 Å². The molecule has 0 amide bonds. The number of hydrogen-bond donors (Lipinski definition) is 0. The molecule has 0 aliphatic carbocycles. The third-order valence-corrected chi connectivity index (χ3v) is 3.89. The number of hydrogen-bond acceptors (Lipinski definition) is 10. The normalized spacial score (nSPS) is 9.44. The lowest BCUT2D eigenvalue weighted by atomic mass is 10.3. The molecule has 0 aromatic heterocycles. The third-order valence-electron chi connectivity index (χ3n) is 3.89. The Morgan fingerprint density at radius 1 is 0.707 bits per heavy atom. The first-order valence-corrected chi connectivity index (χ1v) is 12.7. The van der Waals surface area contributed by atoms with Crippen molar-refractivity contribution in [3.05, 3.63) is 73.9 Å². The fourth-order valence-corrected chi connectivity index (χ4v) is 1.59. The van der Waals surface area contributed by atoms with Crippen LogP contribution in [0.4, 0.5) is 0 Å². The molecular formula is C31H48O10. The van der Waals surface area contributed by atoms with Gasteiger partial charge in [-0.2, -0.15) is 0 Å². The van der Waals surface area contributed by atoms with Gasteiger partial charge in [0.05, 0.1) is 20.3 Å². The van der Waals surface area contributed by atoms with Crippen LogP contribution in [0.3, 0.4) is 0 Å². The fraction of sp³-hybridized carbons (Fsp3) is 0.452. The summed E-state index contributed by atoms with van der Waals surface area (Å²) in [7, 11) is 1.33. The molecule has 0 saturated carbocycles. The Morgan fingerprint density at radius 3 is 1.51 bits per heavy atom. The summed E-state index contributed by atoms with van der Waals surface area (Å²) >= 11 is 0. The lowest BCUT2D eigenvalue weighted by molar-refractivity contribution is -0.146. The number of ether oxygens (including phenoxy) is 5. The molecule has 10 nitrogen and oxygen atoms in total. The zero-order valence-corrected chi connectivity index (χ0v) is 25.8. The summed E-state index contributed by atoms with van der Waals surface area (Å²) in [4.78, 5) is 53.2. The second kappa shape index (κ2) is 28.8. The second-order valence-electron chi connectivity index (χ2n) is 8.37. The van der Waals surface area contributed by atoms with Crippen LogP contribution in [0.1, 0.15) is 60.8 Å². The van der Waals surface area contributed by atoms with Gasteiger partial charge in [0.1, 0.15) is 12.7 Å². The van der Waals surface area contributed by atoms with Crippen molar-refractivity contribution >= 4 is 29.8 Å². The molecule has 0 bridgehead atoms. The summed E-state index contributed by atoms with van der Waals surface area (Å²) in [6.07, 6.45) is 4.82. The summed E-state index contributed by atoms with van der Waals surface area (Å²) in [5, 5.41) is 0. The van der Waals surface area contributed by atoms with E-state index >= 15 is 0 Å². The fourth-order valence-electron chi connectivity index (χ4n) is 1.59. The van der Waals surface area contributed by atoms with Crippen LogP contribution in [0.15, 0.2) is 73.9 Å². The highest BCUT2D eigenvalue weighted by Crippen LogP contribution is 2.03. The van der Waals surface area contributed by atoms with Crippen molar-refractivity contribution in [1.82, 2.24) is 0 Å². The van der Waals surface area contributed by atoms with Gasteiger partial charge in [-0.3, -0.25) is 0 Å². The van der Waals surface area contributed by atoms with Crippen molar-refractivity contribution in [3.8, 4) is 0 Å². The van der Waals surface area contributed by atoms with Crippen molar-refractivity contribution in [1.29, 1.82) is 0 Å². The summed E-state index contributed by atoms with van der Waals surface area (Å²) < 4.78 is 23.4. The van der Waals surface area contributed by atoms with Gasteiger partial charge in [-0.1, -0.05) is 58.9 Å². The Hall–Kier alpha value is -4.21. The SMILES string of the molecule is C=C(C)C(=O)OC.C=C(C)C(=O)OCCC(C)OC(=O)C(=C)C.C=CC(=O)OCCCC.C=CCOC(=O)C(=C)C. The highest BCUT2D eigenvalue weighted by Gasteiger charge is 2.11. The Kier molecular flexibility index (Phi) is 30.8. The van der Waals surface area contributed by atoms with Gasteiger partial charge in [0, 0.05) is 34.8 Å². The van der Waals surface area contributed by atoms with E-state index in [2.05, 4.69) is 53.7 Å². The Bertz CT molecular complexity index is 912. The van der Waals surface area contributed by atoms with E-state index in [1.807, 2.05) is 6.92 Å². The molecule has 0 N–H and O–H groups in total. The largest absolute Gasteiger partial charge is 0.466 e. The molecule has 0 saturated heterocycles. The summed E-state index contributed by atoms with van der Waals surface area (Å²) in [6, 6.07) is 0. The standard InChI is InChI=1S/C12H18O4.C7H10O2.C7H12O2.C5H8O2/c1-8(2)11(13)15-7-6-10(5)16-12(14)9(3)4;1-4-5-9-7(8)6(2)3;1-3-5-6-9-7(8)4-2;1-4(2)5(6)7-3/h10H,1,3,6-7H2,2,4-5H3;4H,1-2,5H2,3H3;4H,2-3,5-6H2,1H3;1H2,2-3H3. The molecule has 0 radical (unpaired) electrons. The van der Waals surface area contributed by atoms with Crippen LogP contribution in [-0.4, -0.2) is 62.9 Å². The van der Waals surface area contributed by atoms with Crippen LogP contribution in [0, 0.1) is 0 Å². The minimum atomic E-state index is -0.432. The maximum Gasteiger partial charge on any atom is 0.333 e. The lowest BCUT2D eigenvalue weighted by Gasteiger charge is -2.13. The zero-order chi connectivity index (χ0) is 33.0. The zero-order valence-electron chi connectivity index (χ0n) is 25.8. The van der Waals surface area contributed by atoms with Gasteiger partial charge < -0.3 is 23.7 Å². The molecule has 0 heterocycles. The Morgan fingerprint density at radius 2 is 1.17 bits per heavy atom. The molecule has 232 valence electrons. The first-order chi connectivity index (χ1) is 19.0. The summed E-state index contributed by atoms with van der Waals surface area (Å²) in [6.45, 7) is 31.4. The van der Waals surface area contributed by atoms with Gasteiger partial charge in [0.2, 0.25) is 0 Å². The van der Waals surface area contributed by atoms with Crippen LogP contribution >= 0.6 is 0 Å². The first-order valence-electron chi connectivity index (χ1n) is 12.7. The summed E-state index contributed by atoms with van der Waals surface area (Å²) in [5.41, 5.74) is 1.55. The number of rotatable bonds is 14.